The van der Waals surface area contributed by atoms with Gasteiger partial charge in [-0.25, -0.2) is 4.99 Å². The largest absolute Gasteiger partial charge is 0.462 e. The highest BCUT2D eigenvalue weighted by molar-refractivity contribution is 5.75. The molecule has 1 fully saturated rings. The Bertz CT molecular complexity index is 211. The van der Waals surface area contributed by atoms with E-state index in [0.717, 1.165) is 25.4 Å². The molecule has 0 bridgehead atoms. The van der Waals surface area contributed by atoms with Crippen molar-refractivity contribution in [1.82, 2.24) is 5.32 Å². The summed E-state index contributed by atoms with van der Waals surface area (Å²) < 4.78 is 5.61. The maximum absolute atomic E-state index is 5.61. The van der Waals surface area contributed by atoms with Crippen LogP contribution in [-0.4, -0.2) is 24.2 Å². The standard InChI is InChI=1S/C11H22N2O/c1-5-6-7-12-10-13-11(3,4)8-9(2)14-10/h9H,5-8H2,1-4H3,(H,12,13). The van der Waals surface area contributed by atoms with Crippen molar-refractivity contribution in [1.29, 1.82) is 0 Å². The Labute approximate surface area is 86.9 Å². The van der Waals surface area contributed by atoms with Gasteiger partial charge in [-0.15, -0.1) is 0 Å². The van der Waals surface area contributed by atoms with Gasteiger partial charge in [-0.05, 0) is 27.2 Å². The van der Waals surface area contributed by atoms with Gasteiger partial charge in [0.25, 0.3) is 6.02 Å². The van der Waals surface area contributed by atoms with Crippen LogP contribution in [-0.2, 0) is 4.74 Å². The highest BCUT2D eigenvalue weighted by Gasteiger charge is 2.29. The monoisotopic (exact) mass is 198 g/mol. The van der Waals surface area contributed by atoms with Gasteiger partial charge in [0.15, 0.2) is 0 Å². The molecule has 0 amide bonds. The lowest BCUT2D eigenvalue weighted by Crippen LogP contribution is -2.52. The van der Waals surface area contributed by atoms with Crippen LogP contribution in [0.1, 0.15) is 47.0 Å². The number of unbranched alkanes of at least 4 members (excludes halogenated alkanes) is 1. The van der Waals surface area contributed by atoms with Crippen molar-refractivity contribution < 1.29 is 4.74 Å². The van der Waals surface area contributed by atoms with Crippen LogP contribution in [0.2, 0.25) is 0 Å². The van der Waals surface area contributed by atoms with Gasteiger partial charge in [-0.2, -0.15) is 0 Å². The Morgan fingerprint density at radius 2 is 2.29 bits per heavy atom. The third-order valence-corrected chi connectivity index (χ3v) is 2.32. The number of aliphatic imine (C=N–C) groups is 1. The fourth-order valence-electron chi connectivity index (χ4n) is 1.74. The van der Waals surface area contributed by atoms with E-state index in [-0.39, 0.29) is 11.6 Å². The first-order chi connectivity index (χ1) is 6.53. The maximum Gasteiger partial charge on any atom is 0.285 e. The third kappa shape index (κ3) is 3.56. The average Bonchev–Trinajstić information content (AvgIpc) is 2.00. The molecule has 0 aromatic rings. The van der Waals surface area contributed by atoms with Crippen LogP contribution in [0.15, 0.2) is 4.99 Å². The molecule has 0 radical (unpaired) electrons. The van der Waals surface area contributed by atoms with E-state index in [1.54, 1.807) is 0 Å². The number of amidine groups is 1. The van der Waals surface area contributed by atoms with Crippen molar-refractivity contribution in [2.45, 2.75) is 58.6 Å². The summed E-state index contributed by atoms with van der Waals surface area (Å²) >= 11 is 0. The fourth-order valence-corrected chi connectivity index (χ4v) is 1.74. The molecule has 1 aliphatic heterocycles. The minimum absolute atomic E-state index is 0.114. The molecule has 0 aliphatic carbocycles. The lowest BCUT2D eigenvalue weighted by Gasteiger charge is -2.36. The van der Waals surface area contributed by atoms with Crippen LogP contribution >= 0.6 is 0 Å². The summed E-state index contributed by atoms with van der Waals surface area (Å²) in [5.41, 5.74) is 0.114. The summed E-state index contributed by atoms with van der Waals surface area (Å²) in [7, 11) is 0. The number of rotatable bonds is 3. The molecule has 1 heterocycles. The summed E-state index contributed by atoms with van der Waals surface area (Å²) in [5.74, 6) is 0. The van der Waals surface area contributed by atoms with E-state index in [2.05, 4.69) is 38.0 Å². The molecule has 1 saturated heterocycles. The third-order valence-electron chi connectivity index (χ3n) is 2.32. The Balaban J connectivity index is 2.49. The normalized spacial score (nSPS) is 28.3. The van der Waals surface area contributed by atoms with E-state index in [0.29, 0.717) is 0 Å². The van der Waals surface area contributed by atoms with E-state index >= 15 is 0 Å². The van der Waals surface area contributed by atoms with Gasteiger partial charge in [0.1, 0.15) is 6.10 Å². The molecule has 0 saturated carbocycles. The number of hydrogen-bond acceptors (Lipinski definition) is 2. The second-order valence-electron chi connectivity index (χ2n) is 4.68. The zero-order valence-electron chi connectivity index (χ0n) is 9.76. The van der Waals surface area contributed by atoms with Gasteiger partial charge in [0.05, 0.1) is 0 Å². The van der Waals surface area contributed by atoms with Gasteiger partial charge in [0, 0.05) is 18.5 Å². The lowest BCUT2D eigenvalue weighted by atomic mass is 9.96. The molecule has 82 valence electrons. The molecule has 0 spiro atoms. The predicted octanol–water partition coefficient (Wildman–Crippen LogP) is 2.32. The Kier molecular flexibility index (Phi) is 3.78. The minimum Gasteiger partial charge on any atom is -0.462 e. The zero-order valence-corrected chi connectivity index (χ0v) is 9.76. The Morgan fingerprint density at radius 3 is 2.86 bits per heavy atom. The average molecular weight is 198 g/mol. The molecule has 3 nitrogen and oxygen atoms in total. The number of ether oxygens (including phenoxy) is 1. The summed E-state index contributed by atoms with van der Waals surface area (Å²) in [6.45, 7) is 9.49. The van der Waals surface area contributed by atoms with E-state index in [4.69, 9.17) is 4.74 Å². The van der Waals surface area contributed by atoms with Crippen LogP contribution < -0.4 is 5.32 Å². The summed E-state index contributed by atoms with van der Waals surface area (Å²) in [4.78, 5) is 4.40. The second-order valence-corrected chi connectivity index (χ2v) is 4.68. The quantitative estimate of drug-likeness (QED) is 0.706. The molecule has 1 aliphatic rings. The van der Waals surface area contributed by atoms with Gasteiger partial charge in [0.2, 0.25) is 0 Å². The van der Waals surface area contributed by atoms with E-state index in [1.165, 1.54) is 6.42 Å². The highest BCUT2D eigenvalue weighted by Crippen LogP contribution is 2.18. The lowest BCUT2D eigenvalue weighted by molar-refractivity contribution is 0.113. The van der Waals surface area contributed by atoms with Crippen molar-refractivity contribution in [3.63, 3.8) is 0 Å². The van der Waals surface area contributed by atoms with Crippen molar-refractivity contribution in [3.8, 4) is 0 Å². The molecule has 1 atom stereocenters. The topological polar surface area (TPSA) is 33.6 Å². The van der Waals surface area contributed by atoms with Crippen molar-refractivity contribution in [3.05, 3.63) is 0 Å². The van der Waals surface area contributed by atoms with Crippen LogP contribution in [0.4, 0.5) is 0 Å². The molecule has 1 rings (SSSR count). The van der Waals surface area contributed by atoms with Crippen LogP contribution in [0.3, 0.4) is 0 Å². The second kappa shape index (κ2) is 4.67. The molecule has 14 heavy (non-hydrogen) atoms. The summed E-state index contributed by atoms with van der Waals surface area (Å²) in [6, 6.07) is 0.724. The van der Waals surface area contributed by atoms with E-state index < -0.39 is 0 Å². The molecule has 3 heteroatoms. The molecule has 0 aromatic carbocycles. The zero-order chi connectivity index (χ0) is 10.6. The number of nitrogens with one attached hydrogen (secondary N) is 1. The SMILES string of the molecule is CCCCN=C1NC(C)(C)CC(C)O1. The van der Waals surface area contributed by atoms with E-state index in [1.807, 2.05) is 0 Å². The van der Waals surface area contributed by atoms with Gasteiger partial charge in [-0.1, -0.05) is 13.3 Å². The first-order valence-electron chi connectivity index (χ1n) is 5.53. The number of hydrogen-bond donors (Lipinski definition) is 1. The molecule has 1 N–H and O–H groups in total. The molecule has 1 unspecified atom stereocenters. The maximum atomic E-state index is 5.61. The van der Waals surface area contributed by atoms with E-state index in [9.17, 15) is 0 Å². The molecule has 0 aromatic heterocycles. The van der Waals surface area contributed by atoms with Crippen molar-refractivity contribution in [2.24, 2.45) is 4.99 Å². The molecular formula is C11H22N2O. The van der Waals surface area contributed by atoms with Crippen LogP contribution in [0.5, 0.6) is 0 Å². The molecular weight excluding hydrogens is 176 g/mol. The van der Waals surface area contributed by atoms with Crippen LogP contribution in [0.25, 0.3) is 0 Å². The smallest absolute Gasteiger partial charge is 0.285 e. The predicted molar refractivity (Wildman–Crippen MR) is 59.6 cm³/mol. The number of nitrogens with zero attached hydrogens (tertiary/aromatic N) is 1. The Hall–Kier alpha value is -0.730. The van der Waals surface area contributed by atoms with Gasteiger partial charge < -0.3 is 10.1 Å². The van der Waals surface area contributed by atoms with Crippen molar-refractivity contribution >= 4 is 6.02 Å². The first-order valence-corrected chi connectivity index (χ1v) is 5.53. The first kappa shape index (κ1) is 11.3. The minimum atomic E-state index is 0.114. The highest BCUT2D eigenvalue weighted by atomic mass is 16.5. The summed E-state index contributed by atoms with van der Waals surface area (Å²) in [6.07, 6.45) is 3.60. The summed E-state index contributed by atoms with van der Waals surface area (Å²) in [5, 5.41) is 3.31. The Morgan fingerprint density at radius 1 is 1.57 bits per heavy atom. The fraction of sp³-hybridized carbons (Fsp3) is 0.909. The van der Waals surface area contributed by atoms with Crippen molar-refractivity contribution in [2.75, 3.05) is 6.54 Å². The van der Waals surface area contributed by atoms with Gasteiger partial charge in [-0.3, -0.25) is 0 Å². The van der Waals surface area contributed by atoms with Crippen LogP contribution in [0, 0.1) is 0 Å². The van der Waals surface area contributed by atoms with Gasteiger partial charge >= 0.3 is 0 Å².